The van der Waals surface area contributed by atoms with Gasteiger partial charge in [-0.25, -0.2) is 0 Å². The highest BCUT2D eigenvalue weighted by atomic mass is 15.1. The Morgan fingerprint density at radius 1 is 0.433 bits per heavy atom. The quantitative estimate of drug-likeness (QED) is 0.112. The molecule has 1 heteroatoms. The third kappa shape index (κ3) is 8.53. The molecule has 0 fully saturated rings. The van der Waals surface area contributed by atoms with Crippen LogP contribution < -0.4 is 4.90 Å². The molecule has 0 spiro atoms. The zero-order valence-corrected chi connectivity index (χ0v) is 34.6. The molecule has 0 aromatic heterocycles. The molecule has 0 atom stereocenters. The second-order valence-corrected chi connectivity index (χ2v) is 14.9. The molecule has 0 unspecified atom stereocenters. The predicted molar refractivity (Wildman–Crippen MR) is 262 cm³/mol. The lowest BCUT2D eigenvalue weighted by atomic mass is 9.89. The highest BCUT2D eigenvalue weighted by molar-refractivity contribution is 5.92. The van der Waals surface area contributed by atoms with Crippen LogP contribution in [0, 0.1) is 0 Å². The highest BCUT2D eigenvalue weighted by Crippen LogP contribution is 2.44. The third-order valence-electron chi connectivity index (χ3n) is 11.1. The second kappa shape index (κ2) is 18.4. The molecular formula is C59H49N. The van der Waals surface area contributed by atoms with E-state index in [9.17, 15) is 0 Å². The van der Waals surface area contributed by atoms with Crippen LogP contribution in [-0.2, 0) is 0 Å². The smallest absolute Gasteiger partial charge is 0.0540 e. The van der Waals surface area contributed by atoms with Crippen molar-refractivity contribution in [2.75, 3.05) is 4.90 Å². The molecule has 0 amide bonds. The van der Waals surface area contributed by atoms with Gasteiger partial charge in [-0.2, -0.15) is 0 Å². The molecule has 0 saturated carbocycles. The van der Waals surface area contributed by atoms with Gasteiger partial charge in [0.2, 0.25) is 0 Å². The SMILES string of the molecule is C=Cc1cc(-c2cc(-c3ccc(N(c4ccc(-c5ccccc5)cc4)c4ccc(/C(C)=C/C=C\C)cc4-c4ccccc4)cc3)ccc2-c2ccccc2)ccc1/C=C\C. The lowest BCUT2D eigenvalue weighted by Crippen LogP contribution is -2.11. The molecule has 0 saturated heterocycles. The Balaban J connectivity index is 1.25. The molecule has 60 heavy (non-hydrogen) atoms. The molecule has 290 valence electrons. The number of hydrogen-bond acceptors (Lipinski definition) is 1. The fourth-order valence-electron chi connectivity index (χ4n) is 7.91. The highest BCUT2D eigenvalue weighted by Gasteiger charge is 2.19. The molecule has 0 radical (unpaired) electrons. The summed E-state index contributed by atoms with van der Waals surface area (Å²) in [4.78, 5) is 2.39. The molecule has 8 aromatic rings. The number of rotatable bonds is 12. The minimum Gasteiger partial charge on any atom is -0.310 e. The second-order valence-electron chi connectivity index (χ2n) is 14.9. The van der Waals surface area contributed by atoms with E-state index in [1.165, 1.54) is 44.5 Å². The first-order chi connectivity index (χ1) is 29.5. The normalized spacial score (nSPS) is 11.6. The fourth-order valence-corrected chi connectivity index (χ4v) is 7.91. The fraction of sp³-hybridized carbons (Fsp3) is 0.0508. The molecule has 0 aliphatic heterocycles. The van der Waals surface area contributed by atoms with Crippen molar-refractivity contribution >= 4 is 34.8 Å². The van der Waals surface area contributed by atoms with Gasteiger partial charge in [0.1, 0.15) is 0 Å². The van der Waals surface area contributed by atoms with Crippen LogP contribution in [-0.4, -0.2) is 0 Å². The zero-order chi connectivity index (χ0) is 41.3. The van der Waals surface area contributed by atoms with Gasteiger partial charge >= 0.3 is 0 Å². The van der Waals surface area contributed by atoms with E-state index >= 15 is 0 Å². The van der Waals surface area contributed by atoms with Crippen LogP contribution in [0.25, 0.3) is 73.4 Å². The lowest BCUT2D eigenvalue weighted by Gasteiger charge is -2.29. The monoisotopic (exact) mass is 771 g/mol. The van der Waals surface area contributed by atoms with E-state index in [0.717, 1.165) is 50.4 Å². The average molecular weight is 772 g/mol. The summed E-state index contributed by atoms with van der Waals surface area (Å²) < 4.78 is 0. The van der Waals surface area contributed by atoms with Crippen molar-refractivity contribution in [3.8, 4) is 55.6 Å². The van der Waals surface area contributed by atoms with Crippen LogP contribution in [0.15, 0.2) is 225 Å². The van der Waals surface area contributed by atoms with Gasteiger partial charge in [0.05, 0.1) is 5.69 Å². The Morgan fingerprint density at radius 2 is 0.967 bits per heavy atom. The van der Waals surface area contributed by atoms with Crippen LogP contribution in [0.2, 0.25) is 0 Å². The molecule has 8 rings (SSSR count). The van der Waals surface area contributed by atoms with E-state index in [2.05, 4.69) is 250 Å². The summed E-state index contributed by atoms with van der Waals surface area (Å²) in [5, 5.41) is 0. The first kappa shape index (κ1) is 39.4. The first-order valence-electron chi connectivity index (χ1n) is 20.7. The topological polar surface area (TPSA) is 3.24 Å². The van der Waals surface area contributed by atoms with Crippen LogP contribution in [0.4, 0.5) is 17.1 Å². The molecule has 1 nitrogen and oxygen atoms in total. The summed E-state index contributed by atoms with van der Waals surface area (Å²) in [6, 6.07) is 70.3. The summed E-state index contributed by atoms with van der Waals surface area (Å²) >= 11 is 0. The van der Waals surface area contributed by atoms with E-state index < -0.39 is 0 Å². The lowest BCUT2D eigenvalue weighted by molar-refractivity contribution is 1.28. The van der Waals surface area contributed by atoms with Crippen molar-refractivity contribution < 1.29 is 0 Å². The van der Waals surface area contributed by atoms with Crippen molar-refractivity contribution in [3.63, 3.8) is 0 Å². The maximum absolute atomic E-state index is 4.14. The minimum atomic E-state index is 1.08. The van der Waals surface area contributed by atoms with Gasteiger partial charge in [0.25, 0.3) is 0 Å². The van der Waals surface area contributed by atoms with Crippen LogP contribution in [0.5, 0.6) is 0 Å². The summed E-state index contributed by atoms with van der Waals surface area (Å²) in [7, 11) is 0. The van der Waals surface area contributed by atoms with Crippen molar-refractivity contribution in [3.05, 3.63) is 242 Å². The molecular weight excluding hydrogens is 723 g/mol. The van der Waals surface area contributed by atoms with E-state index in [4.69, 9.17) is 0 Å². The van der Waals surface area contributed by atoms with Gasteiger partial charge in [-0.1, -0.05) is 189 Å². The molecule has 0 aliphatic carbocycles. The van der Waals surface area contributed by atoms with Gasteiger partial charge in [0.15, 0.2) is 0 Å². The number of anilines is 3. The van der Waals surface area contributed by atoms with Gasteiger partial charge in [0, 0.05) is 16.9 Å². The molecule has 0 aliphatic rings. The van der Waals surface area contributed by atoms with Crippen LogP contribution in [0.1, 0.15) is 37.5 Å². The van der Waals surface area contributed by atoms with Crippen LogP contribution in [0.3, 0.4) is 0 Å². The van der Waals surface area contributed by atoms with Crippen LogP contribution >= 0.6 is 0 Å². The predicted octanol–water partition coefficient (Wildman–Crippen LogP) is 17.1. The number of nitrogens with zero attached hydrogens (tertiary/aromatic N) is 1. The maximum Gasteiger partial charge on any atom is 0.0540 e. The zero-order valence-electron chi connectivity index (χ0n) is 34.6. The summed E-state index contributed by atoms with van der Waals surface area (Å²) in [5.41, 5.74) is 19.7. The van der Waals surface area contributed by atoms with Gasteiger partial charge < -0.3 is 4.90 Å². The van der Waals surface area contributed by atoms with Crippen molar-refractivity contribution in [1.82, 2.24) is 0 Å². The number of benzene rings is 8. The van der Waals surface area contributed by atoms with Crippen molar-refractivity contribution in [2.24, 2.45) is 0 Å². The van der Waals surface area contributed by atoms with Gasteiger partial charge in [-0.3, -0.25) is 0 Å². The summed E-state index contributed by atoms with van der Waals surface area (Å²) in [5.74, 6) is 0. The first-order valence-corrected chi connectivity index (χ1v) is 20.7. The number of hydrogen-bond donors (Lipinski definition) is 0. The minimum absolute atomic E-state index is 1.08. The summed E-state index contributed by atoms with van der Waals surface area (Å²) in [6.45, 7) is 10.4. The maximum atomic E-state index is 4.14. The molecule has 0 bridgehead atoms. The van der Waals surface area contributed by atoms with Gasteiger partial charge in [-0.15, -0.1) is 0 Å². The Bertz CT molecular complexity index is 2810. The van der Waals surface area contributed by atoms with Crippen molar-refractivity contribution in [2.45, 2.75) is 20.8 Å². The Morgan fingerprint density at radius 3 is 1.55 bits per heavy atom. The standard InChI is InChI=1S/C59H49N/c1-5-8-19-43(4)51-33-39-59(58(41-51)50-24-16-11-17-25-50)60(54-34-28-47(29-35-54)46-20-12-9-13-21-46)55-36-30-48(31-37-55)52-32-38-56(49-22-14-10-15-23-49)57(42-52)53-27-26-45(18-6-2)44(7-3)40-53/h5-42H,3H2,1-2,4H3/b8-5-,18-6-,43-19+. The third-order valence-corrected chi connectivity index (χ3v) is 11.1. The Hall–Kier alpha value is -7.48. The number of allylic oxidation sites excluding steroid dienone is 5. The van der Waals surface area contributed by atoms with Gasteiger partial charge in [-0.05, 0) is 142 Å². The Kier molecular flexibility index (Phi) is 12.1. The van der Waals surface area contributed by atoms with E-state index in [1.807, 2.05) is 13.0 Å². The van der Waals surface area contributed by atoms with Crippen molar-refractivity contribution in [1.29, 1.82) is 0 Å². The average Bonchev–Trinajstić information content (AvgIpc) is 3.32. The largest absolute Gasteiger partial charge is 0.310 e. The molecule has 8 aromatic carbocycles. The van der Waals surface area contributed by atoms with E-state index in [1.54, 1.807) is 0 Å². The summed E-state index contributed by atoms with van der Waals surface area (Å²) in [6.07, 6.45) is 12.5. The van der Waals surface area contributed by atoms with E-state index in [-0.39, 0.29) is 0 Å². The molecule has 0 heterocycles. The van der Waals surface area contributed by atoms with E-state index in [0.29, 0.717) is 0 Å². The molecule has 0 N–H and O–H groups in total. The Labute approximate surface area is 356 Å².